The molecule has 3 N–H and O–H groups in total. The first-order chi connectivity index (χ1) is 13.2. The van der Waals surface area contributed by atoms with E-state index in [2.05, 4.69) is 38.2 Å². The fraction of sp³-hybridized carbons (Fsp3) is 0.364. The second-order valence-electron chi connectivity index (χ2n) is 7.61. The molecule has 0 heterocycles. The zero-order valence-electron chi connectivity index (χ0n) is 17.1. The average molecular weight is 384 g/mol. The lowest BCUT2D eigenvalue weighted by Gasteiger charge is -2.19. The molecule has 0 saturated carbocycles. The molecule has 6 heteroatoms. The van der Waals surface area contributed by atoms with Gasteiger partial charge in [-0.15, -0.1) is 0 Å². The van der Waals surface area contributed by atoms with Gasteiger partial charge in [-0.1, -0.05) is 45.0 Å². The molecule has 2 rings (SSSR count). The van der Waals surface area contributed by atoms with Crippen LogP contribution in [-0.2, 0) is 16.6 Å². The van der Waals surface area contributed by atoms with Crippen molar-refractivity contribution in [2.24, 2.45) is 5.73 Å². The molecular weight excluding hydrogens is 356 g/mol. The summed E-state index contributed by atoms with van der Waals surface area (Å²) in [7, 11) is 2.94. The molecule has 0 bridgehead atoms. The number of nitrogens with one attached hydrogen (secondary N) is 1. The molecule has 150 valence electrons. The van der Waals surface area contributed by atoms with Crippen LogP contribution in [-0.4, -0.2) is 26.0 Å². The van der Waals surface area contributed by atoms with Crippen LogP contribution in [0.4, 0.5) is 5.69 Å². The maximum Gasteiger partial charge on any atom is 0.250 e. The summed E-state index contributed by atoms with van der Waals surface area (Å²) in [6, 6.07) is 11.3. The fourth-order valence-electron chi connectivity index (χ4n) is 2.83. The van der Waals surface area contributed by atoms with E-state index in [0.29, 0.717) is 23.6 Å². The summed E-state index contributed by atoms with van der Waals surface area (Å²) in [5.41, 5.74) is 8.32. The summed E-state index contributed by atoms with van der Waals surface area (Å²) in [5.74, 6) is -0.0996. The van der Waals surface area contributed by atoms with Gasteiger partial charge in [0.1, 0.15) is 0 Å². The van der Waals surface area contributed by atoms with Crippen molar-refractivity contribution in [3.63, 3.8) is 0 Å². The molecule has 2 aromatic carbocycles. The summed E-state index contributed by atoms with van der Waals surface area (Å²) >= 11 is 0. The molecule has 0 spiro atoms. The number of nitrogens with two attached hydrogens (primary N) is 1. The van der Waals surface area contributed by atoms with E-state index in [4.69, 9.17) is 15.2 Å². The first kappa shape index (κ1) is 21.3. The van der Waals surface area contributed by atoms with Gasteiger partial charge in [-0.3, -0.25) is 9.59 Å². The van der Waals surface area contributed by atoms with E-state index in [1.807, 2.05) is 12.1 Å². The van der Waals surface area contributed by atoms with Crippen molar-refractivity contribution in [3.05, 3.63) is 53.1 Å². The predicted octanol–water partition coefficient (Wildman–Crippen LogP) is 3.67. The number of primary amides is 1. The topological polar surface area (TPSA) is 90.6 Å². The Labute approximate surface area is 166 Å². The molecule has 0 aliphatic carbocycles. The number of carbonyl (C=O) groups is 2. The van der Waals surface area contributed by atoms with Gasteiger partial charge in [0, 0.05) is 12.5 Å². The van der Waals surface area contributed by atoms with Gasteiger partial charge in [-0.25, -0.2) is 0 Å². The summed E-state index contributed by atoms with van der Waals surface area (Å²) < 4.78 is 10.4. The average Bonchev–Trinajstić information content (AvgIpc) is 2.65. The van der Waals surface area contributed by atoms with Crippen molar-refractivity contribution < 1.29 is 19.1 Å². The monoisotopic (exact) mass is 384 g/mol. The number of aryl methyl sites for hydroxylation is 1. The summed E-state index contributed by atoms with van der Waals surface area (Å²) in [4.78, 5) is 24.1. The Kier molecular flexibility index (Phi) is 6.67. The van der Waals surface area contributed by atoms with Gasteiger partial charge in [0.25, 0.3) is 5.91 Å². The first-order valence-corrected chi connectivity index (χ1v) is 9.10. The number of hydrogen-bond donors (Lipinski definition) is 2. The smallest absolute Gasteiger partial charge is 0.250 e. The van der Waals surface area contributed by atoms with Crippen molar-refractivity contribution in [1.29, 1.82) is 0 Å². The highest BCUT2D eigenvalue weighted by Gasteiger charge is 2.17. The Hall–Kier alpha value is -3.02. The van der Waals surface area contributed by atoms with E-state index in [1.54, 1.807) is 0 Å². The third-order valence-electron chi connectivity index (χ3n) is 4.52. The van der Waals surface area contributed by atoms with Crippen molar-refractivity contribution in [2.75, 3.05) is 19.5 Å². The predicted molar refractivity (Wildman–Crippen MR) is 110 cm³/mol. The lowest BCUT2D eigenvalue weighted by molar-refractivity contribution is -0.116. The van der Waals surface area contributed by atoms with Crippen LogP contribution in [0.25, 0.3) is 0 Å². The number of rotatable bonds is 7. The first-order valence-electron chi connectivity index (χ1n) is 9.10. The number of ether oxygens (including phenoxy) is 2. The van der Waals surface area contributed by atoms with Gasteiger partial charge >= 0.3 is 0 Å². The van der Waals surface area contributed by atoms with Gasteiger partial charge in [-0.2, -0.15) is 0 Å². The van der Waals surface area contributed by atoms with Gasteiger partial charge in [0.15, 0.2) is 11.5 Å². The maximum atomic E-state index is 12.4. The fourth-order valence-corrected chi connectivity index (χ4v) is 2.83. The zero-order valence-corrected chi connectivity index (χ0v) is 17.1. The van der Waals surface area contributed by atoms with Crippen molar-refractivity contribution in [2.45, 2.75) is 39.0 Å². The van der Waals surface area contributed by atoms with Crippen LogP contribution < -0.4 is 20.5 Å². The van der Waals surface area contributed by atoms with Crippen LogP contribution >= 0.6 is 0 Å². The van der Waals surface area contributed by atoms with Crippen LogP contribution in [0.1, 0.15) is 48.7 Å². The molecule has 0 aliphatic rings. The van der Waals surface area contributed by atoms with Crippen molar-refractivity contribution in [3.8, 4) is 11.5 Å². The molecule has 0 radical (unpaired) electrons. The van der Waals surface area contributed by atoms with Gasteiger partial charge in [0.2, 0.25) is 5.91 Å². The Balaban J connectivity index is 2.09. The quantitative estimate of drug-likeness (QED) is 0.762. The van der Waals surface area contributed by atoms with Crippen LogP contribution in [0, 0.1) is 0 Å². The molecule has 0 saturated heterocycles. The van der Waals surface area contributed by atoms with Crippen LogP contribution in [0.5, 0.6) is 11.5 Å². The highest BCUT2D eigenvalue weighted by Crippen LogP contribution is 2.33. The summed E-state index contributed by atoms with van der Waals surface area (Å²) in [5, 5.41) is 2.75. The Morgan fingerprint density at radius 1 is 1.00 bits per heavy atom. The van der Waals surface area contributed by atoms with E-state index in [-0.39, 0.29) is 23.3 Å². The summed E-state index contributed by atoms with van der Waals surface area (Å²) in [6.45, 7) is 6.48. The van der Waals surface area contributed by atoms with Crippen LogP contribution in [0.15, 0.2) is 36.4 Å². The minimum Gasteiger partial charge on any atom is -0.493 e. The molecule has 0 fully saturated rings. The third-order valence-corrected chi connectivity index (χ3v) is 4.52. The largest absolute Gasteiger partial charge is 0.493 e. The second-order valence-corrected chi connectivity index (χ2v) is 7.61. The number of carbonyl (C=O) groups excluding carboxylic acids is 2. The number of methoxy groups -OCH3 is 2. The zero-order chi connectivity index (χ0) is 20.9. The number of amides is 2. The molecule has 0 aliphatic heterocycles. The maximum absolute atomic E-state index is 12.4. The molecule has 0 unspecified atom stereocenters. The Morgan fingerprint density at radius 3 is 2.07 bits per heavy atom. The van der Waals surface area contributed by atoms with E-state index in [0.717, 1.165) is 5.56 Å². The molecule has 6 nitrogen and oxygen atoms in total. The number of hydrogen-bond acceptors (Lipinski definition) is 4. The number of anilines is 1. The molecule has 28 heavy (non-hydrogen) atoms. The van der Waals surface area contributed by atoms with Gasteiger partial charge < -0.3 is 20.5 Å². The van der Waals surface area contributed by atoms with E-state index < -0.39 is 5.91 Å². The molecule has 0 aromatic heterocycles. The SMILES string of the molecule is COc1cc(NC(=O)CCc2ccc(C(C)(C)C)cc2)c(C(N)=O)cc1OC. The lowest BCUT2D eigenvalue weighted by atomic mass is 9.86. The van der Waals surface area contributed by atoms with E-state index >= 15 is 0 Å². The van der Waals surface area contributed by atoms with Gasteiger partial charge in [0.05, 0.1) is 25.5 Å². The van der Waals surface area contributed by atoms with E-state index in [9.17, 15) is 9.59 Å². The normalized spacial score (nSPS) is 11.0. The Bertz CT molecular complexity index is 852. The highest BCUT2D eigenvalue weighted by atomic mass is 16.5. The van der Waals surface area contributed by atoms with Crippen LogP contribution in [0.2, 0.25) is 0 Å². The third kappa shape index (κ3) is 5.25. The van der Waals surface area contributed by atoms with Crippen molar-refractivity contribution in [1.82, 2.24) is 0 Å². The second kappa shape index (κ2) is 8.78. The standard InChI is InChI=1S/C22H28N2O4/c1-22(2,3)15-9-6-14(7-10-15)8-11-20(25)24-17-13-19(28-5)18(27-4)12-16(17)21(23)26/h6-7,9-10,12-13H,8,11H2,1-5H3,(H2,23,26)(H,24,25). The molecular formula is C22H28N2O4. The minimum absolute atomic E-state index is 0.0918. The van der Waals surface area contributed by atoms with Gasteiger partial charge in [-0.05, 0) is 29.0 Å². The highest BCUT2D eigenvalue weighted by molar-refractivity contribution is 6.03. The molecule has 0 atom stereocenters. The van der Waals surface area contributed by atoms with Crippen LogP contribution in [0.3, 0.4) is 0 Å². The Morgan fingerprint density at radius 2 is 1.57 bits per heavy atom. The summed E-state index contributed by atoms with van der Waals surface area (Å²) in [6.07, 6.45) is 0.872. The van der Waals surface area contributed by atoms with Crippen molar-refractivity contribution >= 4 is 17.5 Å². The number of benzene rings is 2. The lowest BCUT2D eigenvalue weighted by Crippen LogP contribution is -2.19. The molecule has 2 amide bonds. The van der Waals surface area contributed by atoms with E-state index in [1.165, 1.54) is 31.9 Å². The molecule has 2 aromatic rings. The minimum atomic E-state index is -0.658.